The van der Waals surface area contributed by atoms with Crippen molar-refractivity contribution in [1.82, 2.24) is 9.80 Å². The lowest BCUT2D eigenvalue weighted by Crippen LogP contribution is -2.50. The summed E-state index contributed by atoms with van der Waals surface area (Å²) in [5.74, 6) is -0.0662. The first kappa shape index (κ1) is 18.4. The van der Waals surface area contributed by atoms with Gasteiger partial charge < -0.3 is 9.80 Å². The fourth-order valence-electron chi connectivity index (χ4n) is 5.09. The highest BCUT2D eigenvalue weighted by Crippen LogP contribution is 2.48. The van der Waals surface area contributed by atoms with Crippen LogP contribution in [0.5, 0.6) is 0 Å². The maximum atomic E-state index is 13.9. The van der Waals surface area contributed by atoms with E-state index in [4.69, 9.17) is 0 Å². The smallest absolute Gasteiger partial charge is 0.254 e. The van der Waals surface area contributed by atoms with Crippen molar-refractivity contribution < 1.29 is 9.59 Å². The lowest BCUT2D eigenvalue weighted by atomic mass is 9.78. The van der Waals surface area contributed by atoms with Crippen molar-refractivity contribution in [1.29, 1.82) is 0 Å². The molecule has 2 amide bonds. The number of nitrogens with zero attached hydrogens (tertiary/aromatic N) is 2. The number of carbonyl (C=O) groups is 2. The molecule has 2 aromatic carbocycles. The molecule has 0 radical (unpaired) electrons. The lowest BCUT2D eigenvalue weighted by Gasteiger charge is -2.44. The number of hydrogen-bond acceptors (Lipinski definition) is 2. The Labute approximate surface area is 172 Å². The quantitative estimate of drug-likeness (QED) is 0.779. The molecule has 1 aliphatic carbocycles. The number of piperidine rings is 1. The van der Waals surface area contributed by atoms with Crippen molar-refractivity contribution in [2.24, 2.45) is 0 Å². The second-order valence-electron chi connectivity index (χ2n) is 8.75. The van der Waals surface area contributed by atoms with E-state index in [2.05, 4.69) is 25.1 Å². The van der Waals surface area contributed by atoms with Crippen molar-refractivity contribution in [3.05, 3.63) is 70.8 Å². The third kappa shape index (κ3) is 3.25. The van der Waals surface area contributed by atoms with E-state index in [0.29, 0.717) is 5.56 Å². The van der Waals surface area contributed by atoms with Crippen LogP contribution in [0.1, 0.15) is 71.1 Å². The Morgan fingerprint density at radius 2 is 1.72 bits per heavy atom. The molecular formula is C25H28N2O2. The molecule has 0 spiro atoms. The van der Waals surface area contributed by atoms with Gasteiger partial charge in [0, 0.05) is 24.7 Å². The molecule has 5 rings (SSSR count). The maximum Gasteiger partial charge on any atom is 0.254 e. The van der Waals surface area contributed by atoms with Gasteiger partial charge in [0.25, 0.3) is 5.91 Å². The van der Waals surface area contributed by atoms with Gasteiger partial charge >= 0.3 is 0 Å². The van der Waals surface area contributed by atoms with Gasteiger partial charge in [-0.2, -0.15) is 0 Å². The standard InChI is InChI=1S/C25H28N2O2/c1-17-8-7-9-18(16-17)23-22(25(29)26-14-5-2-6-15-26)20-10-3-4-11-21(20)24(28)27(23)19-12-13-19/h3-4,7-11,16,19,22-23H,2,5-6,12-15H2,1H3/t22-,23+/m1/s1. The largest absolute Gasteiger partial charge is 0.342 e. The average molecular weight is 389 g/mol. The Morgan fingerprint density at radius 3 is 2.45 bits per heavy atom. The van der Waals surface area contributed by atoms with Crippen LogP contribution in [0.15, 0.2) is 48.5 Å². The molecule has 2 heterocycles. The fraction of sp³-hybridized carbons (Fsp3) is 0.440. The Kier molecular flexibility index (Phi) is 4.65. The molecule has 1 saturated carbocycles. The van der Waals surface area contributed by atoms with Gasteiger partial charge in [-0.1, -0.05) is 48.0 Å². The number of aryl methyl sites for hydroxylation is 1. The predicted molar refractivity (Wildman–Crippen MR) is 113 cm³/mol. The predicted octanol–water partition coefficient (Wildman–Crippen LogP) is 4.45. The van der Waals surface area contributed by atoms with Crippen molar-refractivity contribution >= 4 is 11.8 Å². The van der Waals surface area contributed by atoms with Gasteiger partial charge in [-0.15, -0.1) is 0 Å². The van der Waals surface area contributed by atoms with Gasteiger partial charge in [-0.3, -0.25) is 9.59 Å². The lowest BCUT2D eigenvalue weighted by molar-refractivity contribution is -0.135. The molecule has 2 aliphatic heterocycles. The summed E-state index contributed by atoms with van der Waals surface area (Å²) in [5, 5.41) is 0. The summed E-state index contributed by atoms with van der Waals surface area (Å²) in [6, 6.07) is 16.1. The van der Waals surface area contributed by atoms with Gasteiger partial charge in [0.05, 0.1) is 12.0 Å². The fourth-order valence-corrected chi connectivity index (χ4v) is 5.09. The molecule has 0 N–H and O–H groups in total. The molecule has 2 fully saturated rings. The third-order valence-electron chi connectivity index (χ3n) is 6.63. The summed E-state index contributed by atoms with van der Waals surface area (Å²) in [5.41, 5.74) is 3.85. The SMILES string of the molecule is Cc1cccc([C@H]2[C@H](C(=O)N3CCCCC3)c3ccccc3C(=O)N2C2CC2)c1. The normalized spacial score (nSPS) is 24.4. The highest BCUT2D eigenvalue weighted by atomic mass is 16.2. The van der Waals surface area contributed by atoms with Gasteiger partial charge in [0.2, 0.25) is 5.91 Å². The number of benzene rings is 2. The minimum Gasteiger partial charge on any atom is -0.342 e. The highest BCUT2D eigenvalue weighted by molar-refractivity contribution is 6.01. The van der Waals surface area contributed by atoms with Crippen LogP contribution in [0.25, 0.3) is 0 Å². The second kappa shape index (κ2) is 7.33. The first-order valence-corrected chi connectivity index (χ1v) is 10.9. The van der Waals surface area contributed by atoms with Gasteiger partial charge in [-0.25, -0.2) is 0 Å². The van der Waals surface area contributed by atoms with E-state index in [1.165, 1.54) is 6.42 Å². The van der Waals surface area contributed by atoms with Crippen LogP contribution >= 0.6 is 0 Å². The molecule has 2 atom stereocenters. The van der Waals surface area contributed by atoms with Gasteiger partial charge in [0.1, 0.15) is 0 Å². The number of carbonyl (C=O) groups excluding carboxylic acids is 2. The van der Waals surface area contributed by atoms with E-state index in [9.17, 15) is 9.59 Å². The van der Waals surface area contributed by atoms with Crippen LogP contribution in [-0.2, 0) is 4.79 Å². The summed E-state index contributed by atoms with van der Waals surface area (Å²) in [6.07, 6.45) is 5.39. The number of rotatable bonds is 3. The topological polar surface area (TPSA) is 40.6 Å². The maximum absolute atomic E-state index is 13.9. The number of amides is 2. The Bertz CT molecular complexity index is 943. The molecule has 3 aliphatic rings. The van der Waals surface area contributed by atoms with E-state index in [1.807, 2.05) is 40.1 Å². The Balaban J connectivity index is 1.66. The molecule has 2 aromatic rings. The number of fused-ring (bicyclic) bond motifs is 1. The summed E-state index contributed by atoms with van der Waals surface area (Å²) >= 11 is 0. The molecule has 0 aromatic heterocycles. The van der Waals surface area contributed by atoms with Crippen molar-refractivity contribution in [3.8, 4) is 0 Å². The van der Waals surface area contributed by atoms with E-state index in [0.717, 1.165) is 55.5 Å². The van der Waals surface area contributed by atoms with Crippen LogP contribution in [0.3, 0.4) is 0 Å². The first-order chi connectivity index (χ1) is 14.1. The van der Waals surface area contributed by atoms with Crippen LogP contribution < -0.4 is 0 Å². The van der Waals surface area contributed by atoms with Crippen LogP contribution in [-0.4, -0.2) is 40.7 Å². The summed E-state index contributed by atoms with van der Waals surface area (Å²) in [7, 11) is 0. The summed E-state index contributed by atoms with van der Waals surface area (Å²) in [4.78, 5) is 31.4. The van der Waals surface area contributed by atoms with Crippen molar-refractivity contribution in [2.45, 2.75) is 57.0 Å². The molecule has 29 heavy (non-hydrogen) atoms. The molecule has 0 unspecified atom stereocenters. The minimum atomic E-state index is -0.329. The molecule has 0 bridgehead atoms. The second-order valence-corrected chi connectivity index (χ2v) is 8.75. The van der Waals surface area contributed by atoms with Crippen molar-refractivity contribution in [3.63, 3.8) is 0 Å². The summed E-state index contributed by atoms with van der Waals surface area (Å²) < 4.78 is 0. The van der Waals surface area contributed by atoms with E-state index in [-0.39, 0.29) is 29.8 Å². The molecular weight excluding hydrogens is 360 g/mol. The number of likely N-dealkylation sites (tertiary alicyclic amines) is 1. The monoisotopic (exact) mass is 388 g/mol. The Morgan fingerprint density at radius 1 is 0.966 bits per heavy atom. The van der Waals surface area contributed by atoms with Crippen LogP contribution in [0.2, 0.25) is 0 Å². The summed E-state index contributed by atoms with van der Waals surface area (Å²) in [6.45, 7) is 3.73. The third-order valence-corrected chi connectivity index (χ3v) is 6.63. The van der Waals surface area contributed by atoms with E-state index in [1.54, 1.807) is 0 Å². The van der Waals surface area contributed by atoms with Gasteiger partial charge in [0.15, 0.2) is 0 Å². The average Bonchev–Trinajstić information content (AvgIpc) is 3.59. The van der Waals surface area contributed by atoms with Crippen molar-refractivity contribution in [2.75, 3.05) is 13.1 Å². The highest BCUT2D eigenvalue weighted by Gasteiger charge is 2.49. The van der Waals surface area contributed by atoms with E-state index >= 15 is 0 Å². The van der Waals surface area contributed by atoms with Crippen LogP contribution in [0, 0.1) is 6.92 Å². The van der Waals surface area contributed by atoms with Gasteiger partial charge in [-0.05, 0) is 56.2 Å². The zero-order valence-corrected chi connectivity index (χ0v) is 17.0. The number of hydrogen-bond donors (Lipinski definition) is 0. The Hall–Kier alpha value is -2.62. The molecule has 150 valence electrons. The van der Waals surface area contributed by atoms with E-state index < -0.39 is 0 Å². The zero-order valence-electron chi connectivity index (χ0n) is 17.0. The minimum absolute atomic E-state index is 0.0808. The first-order valence-electron chi connectivity index (χ1n) is 10.9. The zero-order chi connectivity index (χ0) is 20.0. The molecule has 1 saturated heterocycles. The molecule has 4 heteroatoms. The van der Waals surface area contributed by atoms with Crippen LogP contribution in [0.4, 0.5) is 0 Å². The molecule has 4 nitrogen and oxygen atoms in total.